The molecule has 1 aromatic rings. The van der Waals surface area contributed by atoms with E-state index >= 15 is 0 Å². The van der Waals surface area contributed by atoms with Gasteiger partial charge in [0.25, 0.3) is 0 Å². The predicted octanol–water partition coefficient (Wildman–Crippen LogP) is 2.83. The zero-order valence-corrected chi connectivity index (χ0v) is 8.13. The van der Waals surface area contributed by atoms with E-state index in [-0.39, 0.29) is 0 Å². The Balaban J connectivity index is 2.36. The standard InChI is InChI=1S/C11H15NO/c1-7(2)10-5-9(8-3-4-8)11(6-13)12-10/h5-8,12H,3-4H2,1-2H3. The molecule has 0 radical (unpaired) electrons. The number of nitrogens with one attached hydrogen (secondary N) is 1. The summed E-state index contributed by atoms with van der Waals surface area (Å²) in [5, 5.41) is 0. The molecule has 0 unspecified atom stereocenters. The summed E-state index contributed by atoms with van der Waals surface area (Å²) in [5.41, 5.74) is 3.22. The number of carbonyl (C=O) groups excluding carboxylic acids is 1. The summed E-state index contributed by atoms with van der Waals surface area (Å²) in [7, 11) is 0. The Morgan fingerprint density at radius 3 is 2.69 bits per heavy atom. The molecule has 1 saturated carbocycles. The molecule has 0 aromatic carbocycles. The van der Waals surface area contributed by atoms with Crippen LogP contribution in [0.2, 0.25) is 0 Å². The highest BCUT2D eigenvalue weighted by Crippen LogP contribution is 2.42. The summed E-state index contributed by atoms with van der Waals surface area (Å²) in [6.07, 6.45) is 3.44. The van der Waals surface area contributed by atoms with Gasteiger partial charge in [0.05, 0.1) is 5.69 Å². The fourth-order valence-corrected chi connectivity index (χ4v) is 1.65. The van der Waals surface area contributed by atoms with Crippen molar-refractivity contribution in [1.29, 1.82) is 0 Å². The van der Waals surface area contributed by atoms with E-state index < -0.39 is 0 Å². The van der Waals surface area contributed by atoms with Gasteiger partial charge in [-0.15, -0.1) is 0 Å². The normalized spacial score (nSPS) is 16.5. The van der Waals surface area contributed by atoms with Gasteiger partial charge in [0.2, 0.25) is 0 Å². The van der Waals surface area contributed by atoms with E-state index in [4.69, 9.17) is 0 Å². The smallest absolute Gasteiger partial charge is 0.166 e. The van der Waals surface area contributed by atoms with Crippen LogP contribution in [0.3, 0.4) is 0 Å². The van der Waals surface area contributed by atoms with Gasteiger partial charge in [-0.1, -0.05) is 13.8 Å². The van der Waals surface area contributed by atoms with Crippen LogP contribution < -0.4 is 0 Å². The third-order valence-electron chi connectivity index (χ3n) is 2.66. The third-order valence-corrected chi connectivity index (χ3v) is 2.66. The van der Waals surface area contributed by atoms with Crippen LogP contribution >= 0.6 is 0 Å². The molecule has 70 valence electrons. The van der Waals surface area contributed by atoms with Crippen LogP contribution in [0.5, 0.6) is 0 Å². The average molecular weight is 177 g/mol. The van der Waals surface area contributed by atoms with Crippen LogP contribution in [0.4, 0.5) is 0 Å². The highest BCUT2D eigenvalue weighted by molar-refractivity contribution is 5.75. The summed E-state index contributed by atoms with van der Waals surface area (Å²) < 4.78 is 0. The number of aromatic nitrogens is 1. The summed E-state index contributed by atoms with van der Waals surface area (Å²) >= 11 is 0. The second kappa shape index (κ2) is 3.02. The molecule has 1 heterocycles. The molecule has 0 saturated heterocycles. The van der Waals surface area contributed by atoms with Gasteiger partial charge in [0.1, 0.15) is 0 Å². The van der Waals surface area contributed by atoms with Gasteiger partial charge < -0.3 is 4.98 Å². The Hall–Kier alpha value is -1.05. The van der Waals surface area contributed by atoms with Crippen molar-refractivity contribution in [2.75, 3.05) is 0 Å². The summed E-state index contributed by atoms with van der Waals surface area (Å²) in [6, 6.07) is 2.16. The second-order valence-electron chi connectivity index (χ2n) is 4.14. The molecule has 0 bridgehead atoms. The number of aldehydes is 1. The van der Waals surface area contributed by atoms with Crippen LogP contribution in [0.1, 0.15) is 60.3 Å². The molecule has 2 heteroatoms. The molecular weight excluding hydrogens is 162 g/mol. The van der Waals surface area contributed by atoms with Crippen molar-refractivity contribution >= 4 is 6.29 Å². The highest BCUT2D eigenvalue weighted by Gasteiger charge is 2.27. The number of H-pyrrole nitrogens is 1. The molecule has 1 N–H and O–H groups in total. The molecule has 1 aliphatic carbocycles. The molecule has 1 aliphatic rings. The minimum absolute atomic E-state index is 0.478. The zero-order chi connectivity index (χ0) is 9.42. The molecule has 0 aliphatic heterocycles. The Morgan fingerprint density at radius 1 is 1.54 bits per heavy atom. The molecule has 2 rings (SSSR count). The van der Waals surface area contributed by atoms with Crippen LogP contribution in [-0.4, -0.2) is 11.3 Å². The second-order valence-corrected chi connectivity index (χ2v) is 4.14. The molecule has 0 atom stereocenters. The summed E-state index contributed by atoms with van der Waals surface area (Å²) in [4.78, 5) is 13.9. The number of aromatic amines is 1. The van der Waals surface area contributed by atoms with Gasteiger partial charge in [0.15, 0.2) is 6.29 Å². The lowest BCUT2D eigenvalue weighted by atomic mass is 10.1. The van der Waals surface area contributed by atoms with E-state index in [2.05, 4.69) is 24.9 Å². The number of hydrogen-bond donors (Lipinski definition) is 1. The van der Waals surface area contributed by atoms with Gasteiger partial charge in [-0.3, -0.25) is 4.79 Å². The first-order valence-corrected chi connectivity index (χ1v) is 4.90. The molecule has 0 spiro atoms. The fraction of sp³-hybridized carbons (Fsp3) is 0.545. The predicted molar refractivity (Wildman–Crippen MR) is 52.2 cm³/mol. The van der Waals surface area contributed by atoms with E-state index in [0.29, 0.717) is 11.8 Å². The van der Waals surface area contributed by atoms with Gasteiger partial charge in [-0.25, -0.2) is 0 Å². The minimum Gasteiger partial charge on any atom is -0.356 e. The Morgan fingerprint density at radius 2 is 2.23 bits per heavy atom. The first kappa shape index (κ1) is 8.54. The number of carbonyl (C=O) groups is 1. The van der Waals surface area contributed by atoms with Crippen molar-refractivity contribution in [1.82, 2.24) is 4.98 Å². The maximum atomic E-state index is 10.8. The molecule has 13 heavy (non-hydrogen) atoms. The van der Waals surface area contributed by atoms with E-state index in [0.717, 1.165) is 12.0 Å². The SMILES string of the molecule is CC(C)c1cc(C2CC2)c(C=O)[nH]1. The van der Waals surface area contributed by atoms with Gasteiger partial charge in [-0.2, -0.15) is 0 Å². The van der Waals surface area contributed by atoms with Gasteiger partial charge in [-0.05, 0) is 36.3 Å². The van der Waals surface area contributed by atoms with E-state index in [1.807, 2.05) is 0 Å². The maximum Gasteiger partial charge on any atom is 0.166 e. The topological polar surface area (TPSA) is 32.9 Å². The number of hydrogen-bond acceptors (Lipinski definition) is 1. The lowest BCUT2D eigenvalue weighted by Crippen LogP contribution is -1.88. The van der Waals surface area contributed by atoms with E-state index in [1.54, 1.807) is 0 Å². The van der Waals surface area contributed by atoms with Gasteiger partial charge >= 0.3 is 0 Å². The molecule has 2 nitrogen and oxygen atoms in total. The van der Waals surface area contributed by atoms with Crippen LogP contribution in [0.15, 0.2) is 6.07 Å². The zero-order valence-electron chi connectivity index (χ0n) is 8.13. The third kappa shape index (κ3) is 1.53. The molecule has 1 fully saturated rings. The Labute approximate surface area is 78.4 Å². The van der Waals surface area contributed by atoms with Crippen LogP contribution in [0.25, 0.3) is 0 Å². The van der Waals surface area contributed by atoms with E-state index in [1.165, 1.54) is 24.1 Å². The largest absolute Gasteiger partial charge is 0.356 e. The van der Waals surface area contributed by atoms with E-state index in [9.17, 15) is 4.79 Å². The molecule has 1 aromatic heterocycles. The van der Waals surface area contributed by atoms with Crippen LogP contribution in [0, 0.1) is 0 Å². The Kier molecular flexibility index (Phi) is 1.98. The van der Waals surface area contributed by atoms with Crippen molar-refractivity contribution in [3.05, 3.63) is 23.0 Å². The first-order valence-electron chi connectivity index (χ1n) is 4.90. The molecular formula is C11H15NO. The molecule has 0 amide bonds. The van der Waals surface area contributed by atoms with Gasteiger partial charge in [0, 0.05) is 5.69 Å². The summed E-state index contributed by atoms with van der Waals surface area (Å²) in [5.74, 6) is 1.13. The van der Waals surface area contributed by atoms with Crippen molar-refractivity contribution in [2.24, 2.45) is 0 Å². The number of rotatable bonds is 3. The fourth-order valence-electron chi connectivity index (χ4n) is 1.65. The van der Waals surface area contributed by atoms with Crippen molar-refractivity contribution < 1.29 is 4.79 Å². The van der Waals surface area contributed by atoms with Crippen molar-refractivity contribution in [2.45, 2.75) is 38.5 Å². The lowest BCUT2D eigenvalue weighted by molar-refractivity contribution is 0.111. The van der Waals surface area contributed by atoms with Crippen molar-refractivity contribution in [3.8, 4) is 0 Å². The quantitative estimate of drug-likeness (QED) is 0.707. The van der Waals surface area contributed by atoms with Crippen molar-refractivity contribution in [3.63, 3.8) is 0 Å². The monoisotopic (exact) mass is 177 g/mol. The maximum absolute atomic E-state index is 10.8. The highest BCUT2D eigenvalue weighted by atomic mass is 16.1. The Bertz CT molecular complexity index is 321. The van der Waals surface area contributed by atoms with Crippen LogP contribution in [-0.2, 0) is 0 Å². The average Bonchev–Trinajstić information content (AvgIpc) is 2.84. The minimum atomic E-state index is 0.478. The summed E-state index contributed by atoms with van der Waals surface area (Å²) in [6.45, 7) is 4.27. The lowest BCUT2D eigenvalue weighted by Gasteiger charge is -1.97. The first-order chi connectivity index (χ1) is 6.22.